The molecule has 3 nitrogen and oxygen atoms in total. The van der Waals surface area contributed by atoms with Crippen LogP contribution in [0.1, 0.15) is 36.4 Å². The summed E-state index contributed by atoms with van der Waals surface area (Å²) >= 11 is 0. The molecule has 0 unspecified atom stereocenters. The van der Waals surface area contributed by atoms with E-state index < -0.39 is 0 Å². The van der Waals surface area contributed by atoms with Crippen molar-refractivity contribution in [3.05, 3.63) is 23.7 Å². The van der Waals surface area contributed by atoms with Gasteiger partial charge in [0.15, 0.2) is 5.78 Å². The predicted molar refractivity (Wildman–Crippen MR) is 52.2 cm³/mol. The molecule has 3 heteroatoms. The maximum absolute atomic E-state index is 11.6. The van der Waals surface area contributed by atoms with Crippen LogP contribution >= 0.6 is 0 Å². The van der Waals surface area contributed by atoms with Crippen molar-refractivity contribution in [2.45, 2.75) is 27.2 Å². The second-order valence-electron chi connectivity index (χ2n) is 3.61. The van der Waals surface area contributed by atoms with Crippen molar-refractivity contribution in [1.82, 2.24) is 0 Å². The molecular weight excluding hydrogens is 180 g/mol. The quantitative estimate of drug-likeness (QED) is 0.546. The SMILES string of the molecule is Cc1occc1C(=O)CC(=O)C(C)C. The van der Waals surface area contributed by atoms with Crippen LogP contribution in [0.5, 0.6) is 0 Å². The minimum absolute atomic E-state index is 0.0297. The standard InChI is InChI=1S/C11H14O3/c1-7(2)10(12)6-11(13)9-4-5-14-8(9)3/h4-5,7H,6H2,1-3H3. The molecule has 0 fully saturated rings. The summed E-state index contributed by atoms with van der Waals surface area (Å²) in [7, 11) is 0. The highest BCUT2D eigenvalue weighted by atomic mass is 16.3. The van der Waals surface area contributed by atoms with Crippen LogP contribution < -0.4 is 0 Å². The lowest BCUT2D eigenvalue weighted by Gasteiger charge is -2.02. The van der Waals surface area contributed by atoms with Crippen LogP contribution in [0.2, 0.25) is 0 Å². The molecule has 0 atom stereocenters. The molecule has 0 aliphatic rings. The second kappa shape index (κ2) is 4.22. The number of Topliss-reactive ketones (excluding diaryl/α,β-unsaturated/α-hetero) is 2. The molecule has 1 aromatic heterocycles. The van der Waals surface area contributed by atoms with Gasteiger partial charge in [-0.15, -0.1) is 0 Å². The fourth-order valence-corrected chi connectivity index (χ4v) is 1.13. The maximum Gasteiger partial charge on any atom is 0.173 e. The molecule has 14 heavy (non-hydrogen) atoms. The lowest BCUT2D eigenvalue weighted by Crippen LogP contribution is -2.13. The van der Waals surface area contributed by atoms with Crippen LogP contribution in [0.15, 0.2) is 16.7 Å². The van der Waals surface area contributed by atoms with E-state index in [1.165, 1.54) is 6.26 Å². The Kier molecular flexibility index (Phi) is 3.23. The zero-order valence-corrected chi connectivity index (χ0v) is 8.66. The Morgan fingerprint density at radius 3 is 2.50 bits per heavy atom. The largest absolute Gasteiger partial charge is 0.469 e. The van der Waals surface area contributed by atoms with Crippen molar-refractivity contribution in [2.24, 2.45) is 5.92 Å². The van der Waals surface area contributed by atoms with Gasteiger partial charge in [-0.1, -0.05) is 13.8 Å². The summed E-state index contributed by atoms with van der Waals surface area (Å²) in [4.78, 5) is 22.9. The highest BCUT2D eigenvalue weighted by molar-refractivity contribution is 6.08. The van der Waals surface area contributed by atoms with E-state index in [0.29, 0.717) is 11.3 Å². The molecule has 0 saturated heterocycles. The van der Waals surface area contributed by atoms with Crippen LogP contribution in [0.3, 0.4) is 0 Å². The van der Waals surface area contributed by atoms with Crippen molar-refractivity contribution >= 4 is 11.6 Å². The Morgan fingerprint density at radius 1 is 1.43 bits per heavy atom. The first-order valence-corrected chi connectivity index (χ1v) is 4.62. The third kappa shape index (κ3) is 2.31. The number of rotatable bonds is 4. The Balaban J connectivity index is 2.69. The number of hydrogen-bond donors (Lipinski definition) is 0. The molecule has 0 aliphatic heterocycles. The molecule has 0 spiro atoms. The van der Waals surface area contributed by atoms with Gasteiger partial charge in [-0.25, -0.2) is 0 Å². The van der Waals surface area contributed by atoms with Crippen molar-refractivity contribution in [1.29, 1.82) is 0 Å². The summed E-state index contributed by atoms with van der Waals surface area (Å²) in [6, 6.07) is 1.60. The van der Waals surface area contributed by atoms with Crippen LogP contribution in [-0.2, 0) is 4.79 Å². The number of aryl methyl sites for hydroxylation is 1. The van der Waals surface area contributed by atoms with E-state index in [0.717, 1.165) is 0 Å². The Hall–Kier alpha value is -1.38. The lowest BCUT2D eigenvalue weighted by molar-refractivity contribution is -0.121. The molecule has 1 rings (SSSR count). The first-order chi connectivity index (χ1) is 6.52. The molecule has 0 radical (unpaired) electrons. The predicted octanol–water partition coefficient (Wildman–Crippen LogP) is 2.39. The fourth-order valence-electron chi connectivity index (χ4n) is 1.13. The van der Waals surface area contributed by atoms with Crippen LogP contribution in [0.4, 0.5) is 0 Å². The highest BCUT2D eigenvalue weighted by Crippen LogP contribution is 2.12. The lowest BCUT2D eigenvalue weighted by atomic mass is 10.0. The fraction of sp³-hybridized carbons (Fsp3) is 0.455. The normalized spacial score (nSPS) is 10.6. The van der Waals surface area contributed by atoms with Crippen molar-refractivity contribution < 1.29 is 14.0 Å². The molecule has 0 saturated carbocycles. The summed E-state index contributed by atoms with van der Waals surface area (Å²) in [5, 5.41) is 0. The Morgan fingerprint density at radius 2 is 2.07 bits per heavy atom. The first kappa shape index (κ1) is 10.7. The van der Waals surface area contributed by atoms with Crippen LogP contribution in [0, 0.1) is 12.8 Å². The number of ketones is 2. The number of furan rings is 1. The molecular formula is C11H14O3. The molecule has 0 aromatic carbocycles. The molecule has 0 amide bonds. The van der Waals surface area contributed by atoms with Crippen molar-refractivity contribution in [3.63, 3.8) is 0 Å². The summed E-state index contributed by atoms with van der Waals surface area (Å²) in [5.74, 6) is 0.295. The Bertz CT molecular complexity index is 347. The van der Waals surface area contributed by atoms with E-state index in [2.05, 4.69) is 0 Å². The van der Waals surface area contributed by atoms with E-state index >= 15 is 0 Å². The van der Waals surface area contributed by atoms with Crippen molar-refractivity contribution in [3.8, 4) is 0 Å². The van der Waals surface area contributed by atoms with Crippen LogP contribution in [0.25, 0.3) is 0 Å². The van der Waals surface area contributed by atoms with Gasteiger partial charge in [0.25, 0.3) is 0 Å². The van der Waals surface area contributed by atoms with Gasteiger partial charge < -0.3 is 4.42 Å². The zero-order chi connectivity index (χ0) is 10.7. The van der Waals surface area contributed by atoms with Crippen LogP contribution in [-0.4, -0.2) is 11.6 Å². The summed E-state index contributed by atoms with van der Waals surface area (Å²) < 4.78 is 5.00. The number of hydrogen-bond acceptors (Lipinski definition) is 3. The van der Waals surface area contributed by atoms with Gasteiger partial charge in [-0.2, -0.15) is 0 Å². The maximum atomic E-state index is 11.6. The summed E-state index contributed by atoms with van der Waals surface area (Å²) in [6.07, 6.45) is 1.43. The smallest absolute Gasteiger partial charge is 0.173 e. The first-order valence-electron chi connectivity index (χ1n) is 4.62. The average molecular weight is 194 g/mol. The third-order valence-electron chi connectivity index (χ3n) is 2.14. The summed E-state index contributed by atoms with van der Waals surface area (Å²) in [6.45, 7) is 5.29. The minimum atomic E-state index is -0.157. The van der Waals surface area contributed by atoms with Gasteiger partial charge in [-0.3, -0.25) is 9.59 Å². The van der Waals surface area contributed by atoms with E-state index in [-0.39, 0.29) is 23.9 Å². The van der Waals surface area contributed by atoms with Gasteiger partial charge in [0.2, 0.25) is 0 Å². The zero-order valence-electron chi connectivity index (χ0n) is 8.66. The minimum Gasteiger partial charge on any atom is -0.469 e. The van der Waals surface area contributed by atoms with Gasteiger partial charge in [0.1, 0.15) is 11.5 Å². The molecule has 1 heterocycles. The summed E-state index contributed by atoms with van der Waals surface area (Å²) in [5.41, 5.74) is 0.513. The third-order valence-corrected chi connectivity index (χ3v) is 2.14. The highest BCUT2D eigenvalue weighted by Gasteiger charge is 2.17. The van der Waals surface area contributed by atoms with E-state index in [9.17, 15) is 9.59 Å². The Labute approximate surface area is 83.1 Å². The molecule has 0 aliphatic carbocycles. The van der Waals surface area contributed by atoms with E-state index in [1.807, 2.05) is 0 Å². The van der Waals surface area contributed by atoms with Gasteiger partial charge in [-0.05, 0) is 13.0 Å². The second-order valence-corrected chi connectivity index (χ2v) is 3.61. The molecule has 76 valence electrons. The van der Waals surface area contributed by atoms with Crippen molar-refractivity contribution in [2.75, 3.05) is 0 Å². The van der Waals surface area contributed by atoms with E-state index in [4.69, 9.17) is 4.42 Å². The van der Waals surface area contributed by atoms with Gasteiger partial charge >= 0.3 is 0 Å². The van der Waals surface area contributed by atoms with Gasteiger partial charge in [0, 0.05) is 5.92 Å². The topological polar surface area (TPSA) is 47.3 Å². The van der Waals surface area contributed by atoms with E-state index in [1.54, 1.807) is 26.8 Å². The number of carbonyl (C=O) groups excluding carboxylic acids is 2. The van der Waals surface area contributed by atoms with Gasteiger partial charge in [0.05, 0.1) is 18.2 Å². The average Bonchev–Trinajstić information content (AvgIpc) is 2.51. The molecule has 1 aromatic rings. The molecule has 0 bridgehead atoms. The molecule has 0 N–H and O–H groups in total. The monoisotopic (exact) mass is 194 g/mol. The number of carbonyl (C=O) groups is 2.